The van der Waals surface area contributed by atoms with E-state index in [4.69, 9.17) is 37.9 Å². The van der Waals surface area contributed by atoms with Crippen molar-refractivity contribution in [1.29, 1.82) is 0 Å². The zero-order valence-corrected chi connectivity index (χ0v) is 17.6. The average molecular weight is 421 g/mol. The largest absolute Gasteiger partial charge is 0.396 e. The molecular weight excluding hydrogens is 384 g/mol. The van der Waals surface area contributed by atoms with Gasteiger partial charge in [-0.2, -0.15) is 15.0 Å². The highest BCUT2D eigenvalue weighted by Crippen LogP contribution is 2.26. The standard InChI is InChI=1S/C19H36N10O/c20-13-5-14(21)8-28(7-13)18-24-17(27-3-1-12(11-30)2-4-27)25-19(26-18)29-9-15(22)6-16(23)10-29/h12-16,30H,1-11,20-23H2/t13-,14+,15-,16+. The third-order valence-corrected chi connectivity index (χ3v) is 6.35. The van der Waals surface area contributed by atoms with Gasteiger partial charge in [-0.05, 0) is 31.6 Å². The SMILES string of the molecule is N[C@@H]1C[C@H](N)CN(c2nc(N3CCC(CO)CC3)nc(N3C[C@H](N)C[C@H](N)C3)n2)C1. The van der Waals surface area contributed by atoms with Crippen molar-refractivity contribution in [2.24, 2.45) is 28.9 Å². The minimum atomic E-state index is -0.00505. The topological polar surface area (TPSA) is 173 Å². The van der Waals surface area contributed by atoms with Gasteiger partial charge in [-0.3, -0.25) is 0 Å². The maximum Gasteiger partial charge on any atom is 0.232 e. The second-order valence-electron chi connectivity index (χ2n) is 9.17. The molecule has 1 aromatic rings. The van der Waals surface area contributed by atoms with E-state index >= 15 is 0 Å². The van der Waals surface area contributed by atoms with Crippen molar-refractivity contribution in [3.05, 3.63) is 0 Å². The van der Waals surface area contributed by atoms with Crippen molar-refractivity contribution in [3.63, 3.8) is 0 Å². The Balaban J connectivity index is 1.63. The fourth-order valence-corrected chi connectivity index (χ4v) is 4.77. The smallest absolute Gasteiger partial charge is 0.232 e. The van der Waals surface area contributed by atoms with Crippen LogP contribution in [0.4, 0.5) is 17.8 Å². The molecule has 0 aromatic carbocycles. The third-order valence-electron chi connectivity index (χ3n) is 6.35. The number of nitrogens with two attached hydrogens (primary N) is 4. The Morgan fingerprint density at radius 3 is 1.40 bits per heavy atom. The predicted octanol–water partition coefficient (Wildman–Crippen LogP) is -2.19. The van der Waals surface area contributed by atoms with E-state index in [0.717, 1.165) is 38.8 Å². The molecule has 168 valence electrons. The molecule has 0 spiro atoms. The van der Waals surface area contributed by atoms with E-state index in [2.05, 4.69) is 14.7 Å². The molecule has 1 aromatic heterocycles. The second-order valence-corrected chi connectivity index (χ2v) is 9.17. The highest BCUT2D eigenvalue weighted by Gasteiger charge is 2.30. The van der Waals surface area contributed by atoms with Crippen LogP contribution >= 0.6 is 0 Å². The van der Waals surface area contributed by atoms with Crippen molar-refractivity contribution < 1.29 is 5.11 Å². The molecule has 0 unspecified atom stereocenters. The summed E-state index contributed by atoms with van der Waals surface area (Å²) in [5.74, 6) is 2.22. The van der Waals surface area contributed by atoms with Gasteiger partial charge < -0.3 is 42.7 Å². The van der Waals surface area contributed by atoms with Crippen LogP contribution < -0.4 is 37.6 Å². The monoisotopic (exact) mass is 420 g/mol. The first-order valence-electron chi connectivity index (χ1n) is 11.1. The van der Waals surface area contributed by atoms with Crippen molar-refractivity contribution in [2.45, 2.75) is 49.9 Å². The fourth-order valence-electron chi connectivity index (χ4n) is 4.77. The van der Waals surface area contributed by atoms with Gasteiger partial charge in [0.1, 0.15) is 0 Å². The first-order chi connectivity index (χ1) is 14.4. The molecule has 3 saturated heterocycles. The zero-order valence-electron chi connectivity index (χ0n) is 17.6. The first kappa shape index (κ1) is 21.4. The Labute approximate surface area is 177 Å². The van der Waals surface area contributed by atoms with Crippen LogP contribution in [0.25, 0.3) is 0 Å². The lowest BCUT2D eigenvalue weighted by Gasteiger charge is -2.38. The summed E-state index contributed by atoms with van der Waals surface area (Å²) in [5.41, 5.74) is 24.8. The molecule has 0 amide bonds. The highest BCUT2D eigenvalue weighted by molar-refractivity contribution is 5.48. The van der Waals surface area contributed by atoms with Crippen LogP contribution in [-0.2, 0) is 0 Å². The number of rotatable bonds is 4. The molecule has 4 atom stereocenters. The second kappa shape index (κ2) is 9.15. The van der Waals surface area contributed by atoms with E-state index in [9.17, 15) is 5.11 Å². The van der Waals surface area contributed by atoms with E-state index in [1.807, 2.05) is 0 Å². The van der Waals surface area contributed by atoms with Crippen LogP contribution in [0.1, 0.15) is 25.7 Å². The number of piperidine rings is 3. The number of nitrogens with zero attached hydrogens (tertiary/aromatic N) is 6. The summed E-state index contributed by atoms with van der Waals surface area (Å²) < 4.78 is 0. The molecule has 0 aliphatic carbocycles. The maximum absolute atomic E-state index is 9.46. The molecule has 11 heteroatoms. The summed E-state index contributed by atoms with van der Waals surface area (Å²) in [6.07, 6.45) is 3.44. The molecule has 3 aliphatic heterocycles. The molecule has 4 rings (SSSR count). The Hall–Kier alpha value is -1.79. The average Bonchev–Trinajstić information content (AvgIpc) is 2.72. The van der Waals surface area contributed by atoms with Crippen molar-refractivity contribution in [1.82, 2.24) is 15.0 Å². The van der Waals surface area contributed by atoms with Gasteiger partial charge in [-0.15, -0.1) is 0 Å². The lowest BCUT2D eigenvalue weighted by Crippen LogP contribution is -2.54. The molecule has 0 saturated carbocycles. The van der Waals surface area contributed by atoms with Crippen LogP contribution in [0.2, 0.25) is 0 Å². The molecule has 3 fully saturated rings. The minimum absolute atomic E-state index is 0.00505. The van der Waals surface area contributed by atoms with E-state index in [1.165, 1.54) is 0 Å². The molecular formula is C19H36N10O. The lowest BCUT2D eigenvalue weighted by atomic mass is 9.98. The van der Waals surface area contributed by atoms with Gasteiger partial charge in [0.2, 0.25) is 17.8 Å². The quantitative estimate of drug-likeness (QED) is 0.358. The van der Waals surface area contributed by atoms with Gasteiger partial charge in [0.15, 0.2) is 0 Å². The lowest BCUT2D eigenvalue weighted by molar-refractivity contribution is 0.202. The van der Waals surface area contributed by atoms with Gasteiger partial charge in [0, 0.05) is 70.0 Å². The predicted molar refractivity (Wildman–Crippen MR) is 117 cm³/mol. The normalized spacial score (nSPS) is 31.3. The van der Waals surface area contributed by atoms with Crippen LogP contribution in [0.5, 0.6) is 0 Å². The highest BCUT2D eigenvalue weighted by atomic mass is 16.3. The number of hydrogen-bond acceptors (Lipinski definition) is 11. The minimum Gasteiger partial charge on any atom is -0.396 e. The Morgan fingerprint density at radius 2 is 1.03 bits per heavy atom. The van der Waals surface area contributed by atoms with Crippen LogP contribution in [-0.4, -0.2) is 90.1 Å². The number of aliphatic hydroxyl groups is 1. The molecule has 4 heterocycles. The van der Waals surface area contributed by atoms with E-state index < -0.39 is 0 Å². The number of aliphatic hydroxyl groups excluding tert-OH is 1. The Bertz CT molecular complexity index is 648. The van der Waals surface area contributed by atoms with Gasteiger partial charge in [0.05, 0.1) is 0 Å². The summed E-state index contributed by atoms with van der Waals surface area (Å²) >= 11 is 0. The third kappa shape index (κ3) is 4.92. The maximum atomic E-state index is 9.46. The first-order valence-corrected chi connectivity index (χ1v) is 11.1. The summed E-state index contributed by atoms with van der Waals surface area (Å²) in [6, 6.07) is -0.0202. The van der Waals surface area contributed by atoms with Crippen molar-refractivity contribution >= 4 is 17.8 Å². The molecule has 11 nitrogen and oxygen atoms in total. The molecule has 0 radical (unpaired) electrons. The summed E-state index contributed by atoms with van der Waals surface area (Å²) in [6.45, 7) is 4.53. The van der Waals surface area contributed by atoms with E-state index in [1.54, 1.807) is 0 Å². The van der Waals surface area contributed by atoms with Crippen LogP contribution in [0.15, 0.2) is 0 Å². The fraction of sp³-hybridized carbons (Fsp3) is 0.842. The number of anilines is 3. The summed E-state index contributed by atoms with van der Waals surface area (Å²) in [5, 5.41) is 9.46. The van der Waals surface area contributed by atoms with E-state index in [0.29, 0.717) is 49.9 Å². The van der Waals surface area contributed by atoms with Gasteiger partial charge in [-0.1, -0.05) is 0 Å². The van der Waals surface area contributed by atoms with Gasteiger partial charge in [-0.25, -0.2) is 0 Å². The zero-order chi connectivity index (χ0) is 21.3. The van der Waals surface area contributed by atoms with Crippen molar-refractivity contribution in [2.75, 3.05) is 60.6 Å². The van der Waals surface area contributed by atoms with Gasteiger partial charge >= 0.3 is 0 Å². The number of hydrogen-bond donors (Lipinski definition) is 5. The molecule has 0 bridgehead atoms. The van der Waals surface area contributed by atoms with Crippen LogP contribution in [0, 0.1) is 5.92 Å². The molecule has 30 heavy (non-hydrogen) atoms. The Morgan fingerprint density at radius 1 is 0.667 bits per heavy atom. The summed E-state index contributed by atoms with van der Waals surface area (Å²) in [7, 11) is 0. The van der Waals surface area contributed by atoms with E-state index in [-0.39, 0.29) is 30.8 Å². The van der Waals surface area contributed by atoms with Crippen LogP contribution in [0.3, 0.4) is 0 Å². The Kier molecular flexibility index (Phi) is 6.54. The number of aromatic nitrogens is 3. The molecule has 9 N–H and O–H groups in total. The van der Waals surface area contributed by atoms with Crippen molar-refractivity contribution in [3.8, 4) is 0 Å². The summed E-state index contributed by atoms with van der Waals surface area (Å²) in [4.78, 5) is 20.7. The van der Waals surface area contributed by atoms with Gasteiger partial charge in [0.25, 0.3) is 0 Å². The molecule has 3 aliphatic rings.